The molecule has 2 aromatic carbocycles. The molecule has 0 saturated carbocycles. The van der Waals surface area contributed by atoms with Gasteiger partial charge in [-0.05, 0) is 58.7 Å². The van der Waals surface area contributed by atoms with Gasteiger partial charge in [0.05, 0.1) is 0 Å². The van der Waals surface area contributed by atoms with Crippen molar-refractivity contribution in [3.8, 4) is 0 Å². The Bertz CT molecular complexity index is 987. The van der Waals surface area contributed by atoms with Crippen LogP contribution in [-0.4, -0.2) is 25.3 Å². The molecule has 2 N–H and O–H groups in total. The van der Waals surface area contributed by atoms with Crippen LogP contribution in [-0.2, 0) is 23.0 Å². The summed E-state index contributed by atoms with van der Waals surface area (Å²) >= 11 is 0. The van der Waals surface area contributed by atoms with Gasteiger partial charge in [0.15, 0.2) is 5.52 Å². The van der Waals surface area contributed by atoms with Gasteiger partial charge in [0.25, 0.3) is 10.0 Å². The number of sulfonamides is 1. The molecular formula is C15H15ClN4O3S. The lowest BCUT2D eigenvalue weighted by molar-refractivity contribution is 0.315. The highest BCUT2D eigenvalue weighted by molar-refractivity contribution is 7.93. The average Bonchev–Trinajstić information content (AvgIpc) is 3.02. The summed E-state index contributed by atoms with van der Waals surface area (Å²) in [7, 11) is -3.76. The first kappa shape index (κ1) is 16.7. The quantitative estimate of drug-likeness (QED) is 0.736. The van der Waals surface area contributed by atoms with E-state index in [9.17, 15) is 8.42 Å². The van der Waals surface area contributed by atoms with Gasteiger partial charge in [-0.3, -0.25) is 4.72 Å². The fourth-order valence-electron chi connectivity index (χ4n) is 2.75. The normalized spacial score (nSPS) is 14.0. The summed E-state index contributed by atoms with van der Waals surface area (Å²) in [6.07, 6.45) is 0.883. The molecular weight excluding hydrogens is 352 g/mol. The molecule has 0 aliphatic carbocycles. The molecule has 0 fully saturated rings. The summed E-state index contributed by atoms with van der Waals surface area (Å²) in [5.41, 5.74) is 3.53. The van der Waals surface area contributed by atoms with E-state index >= 15 is 0 Å². The second-order valence-corrected chi connectivity index (χ2v) is 7.05. The summed E-state index contributed by atoms with van der Waals surface area (Å²) in [6.45, 7) is 1.71. The summed E-state index contributed by atoms with van der Waals surface area (Å²) < 4.78 is 32.5. The van der Waals surface area contributed by atoms with Gasteiger partial charge in [0.2, 0.25) is 0 Å². The Balaban J connectivity index is 0.00000169. The minimum absolute atomic E-state index is 0. The lowest BCUT2D eigenvalue weighted by Gasteiger charge is -2.18. The Morgan fingerprint density at radius 3 is 2.88 bits per heavy atom. The molecule has 2 heterocycles. The van der Waals surface area contributed by atoms with Crippen LogP contribution in [0, 0.1) is 0 Å². The zero-order chi connectivity index (χ0) is 15.9. The maximum atomic E-state index is 12.6. The van der Waals surface area contributed by atoms with Crippen LogP contribution in [0.3, 0.4) is 0 Å². The first-order valence-corrected chi connectivity index (χ1v) is 8.68. The van der Waals surface area contributed by atoms with Crippen molar-refractivity contribution >= 4 is 39.2 Å². The SMILES string of the molecule is Cl.O=S(=O)(Nc1ccc2c(c1)CCNC2)c1cccc2nonc12. The van der Waals surface area contributed by atoms with E-state index < -0.39 is 10.0 Å². The van der Waals surface area contributed by atoms with Gasteiger partial charge >= 0.3 is 0 Å². The number of rotatable bonds is 3. The highest BCUT2D eigenvalue weighted by Crippen LogP contribution is 2.24. The molecule has 0 amide bonds. The van der Waals surface area contributed by atoms with Crippen LogP contribution < -0.4 is 10.0 Å². The second-order valence-electron chi connectivity index (χ2n) is 5.40. The monoisotopic (exact) mass is 366 g/mol. The third-order valence-electron chi connectivity index (χ3n) is 3.88. The van der Waals surface area contributed by atoms with Gasteiger partial charge in [0, 0.05) is 12.2 Å². The highest BCUT2D eigenvalue weighted by atomic mass is 35.5. The molecule has 0 bridgehead atoms. The fourth-order valence-corrected chi connectivity index (χ4v) is 3.95. The third kappa shape index (κ3) is 2.95. The van der Waals surface area contributed by atoms with E-state index in [0.717, 1.165) is 25.1 Å². The molecule has 0 unspecified atom stereocenters. The Labute approximate surface area is 144 Å². The molecule has 126 valence electrons. The molecule has 1 aliphatic rings. The van der Waals surface area contributed by atoms with Gasteiger partial charge in [-0.25, -0.2) is 13.0 Å². The molecule has 24 heavy (non-hydrogen) atoms. The van der Waals surface area contributed by atoms with Gasteiger partial charge in [0.1, 0.15) is 10.4 Å². The van der Waals surface area contributed by atoms with Gasteiger partial charge in [-0.1, -0.05) is 12.1 Å². The summed E-state index contributed by atoms with van der Waals surface area (Å²) in [6, 6.07) is 10.3. The van der Waals surface area contributed by atoms with E-state index in [1.807, 2.05) is 12.1 Å². The van der Waals surface area contributed by atoms with Crippen LogP contribution in [0.25, 0.3) is 11.0 Å². The second kappa shape index (κ2) is 6.39. The molecule has 0 spiro atoms. The van der Waals surface area contributed by atoms with Crippen LogP contribution in [0.4, 0.5) is 5.69 Å². The highest BCUT2D eigenvalue weighted by Gasteiger charge is 2.21. The maximum Gasteiger partial charge on any atom is 0.264 e. The zero-order valence-electron chi connectivity index (χ0n) is 12.5. The fraction of sp³-hybridized carbons (Fsp3) is 0.200. The first-order valence-electron chi connectivity index (χ1n) is 7.20. The zero-order valence-corrected chi connectivity index (χ0v) is 14.2. The van der Waals surface area contributed by atoms with E-state index in [2.05, 4.69) is 25.0 Å². The summed E-state index contributed by atoms with van der Waals surface area (Å²) in [5.74, 6) is 0. The van der Waals surface area contributed by atoms with Crippen molar-refractivity contribution in [1.82, 2.24) is 15.6 Å². The largest absolute Gasteiger partial charge is 0.312 e. The topological polar surface area (TPSA) is 97.1 Å². The molecule has 3 aromatic rings. The molecule has 0 radical (unpaired) electrons. The first-order chi connectivity index (χ1) is 11.1. The van der Waals surface area contributed by atoms with Crippen molar-refractivity contribution in [2.24, 2.45) is 0 Å². The molecule has 1 aliphatic heterocycles. The Kier molecular flexibility index (Phi) is 4.44. The van der Waals surface area contributed by atoms with Crippen LogP contribution in [0.2, 0.25) is 0 Å². The van der Waals surface area contributed by atoms with E-state index in [1.165, 1.54) is 11.6 Å². The Morgan fingerprint density at radius 1 is 1.12 bits per heavy atom. The van der Waals surface area contributed by atoms with E-state index in [0.29, 0.717) is 11.2 Å². The van der Waals surface area contributed by atoms with Crippen LogP contribution in [0.1, 0.15) is 11.1 Å². The standard InChI is InChI=1S/C15H14N4O3S.ClH/c20-23(21,14-3-1-2-13-15(14)18-22-17-13)19-12-5-4-11-9-16-7-6-10(11)8-12;/h1-5,8,16,19H,6-7,9H2;1H. The van der Waals surface area contributed by atoms with E-state index in [-0.39, 0.29) is 22.8 Å². The number of benzene rings is 2. The average molecular weight is 367 g/mol. The number of nitrogens with zero attached hydrogens (tertiary/aromatic N) is 2. The van der Waals surface area contributed by atoms with Gasteiger partial charge in [-0.15, -0.1) is 12.4 Å². The molecule has 7 nitrogen and oxygen atoms in total. The number of hydrogen-bond acceptors (Lipinski definition) is 6. The number of nitrogens with one attached hydrogen (secondary N) is 2. The Morgan fingerprint density at radius 2 is 2.00 bits per heavy atom. The summed E-state index contributed by atoms with van der Waals surface area (Å²) in [5, 5.41) is 10.6. The number of fused-ring (bicyclic) bond motifs is 2. The van der Waals surface area contributed by atoms with Crippen molar-refractivity contribution in [3.05, 3.63) is 47.5 Å². The van der Waals surface area contributed by atoms with E-state index in [4.69, 9.17) is 0 Å². The predicted molar refractivity (Wildman–Crippen MR) is 91.7 cm³/mol. The summed E-state index contributed by atoms with van der Waals surface area (Å²) in [4.78, 5) is 0.0515. The van der Waals surface area contributed by atoms with Crippen molar-refractivity contribution < 1.29 is 13.0 Å². The smallest absolute Gasteiger partial charge is 0.264 e. The van der Waals surface area contributed by atoms with E-state index in [1.54, 1.807) is 18.2 Å². The third-order valence-corrected chi connectivity index (χ3v) is 5.30. The molecule has 0 atom stereocenters. The van der Waals surface area contributed by atoms with Gasteiger partial charge < -0.3 is 5.32 Å². The van der Waals surface area contributed by atoms with Crippen molar-refractivity contribution in [1.29, 1.82) is 0 Å². The Hall–Kier alpha value is -2.16. The maximum absolute atomic E-state index is 12.6. The number of halogens is 1. The van der Waals surface area contributed by atoms with Gasteiger partial charge in [-0.2, -0.15) is 0 Å². The molecule has 9 heteroatoms. The van der Waals surface area contributed by atoms with Crippen LogP contribution >= 0.6 is 12.4 Å². The van der Waals surface area contributed by atoms with Crippen LogP contribution in [0.15, 0.2) is 45.9 Å². The van der Waals surface area contributed by atoms with Crippen molar-refractivity contribution in [2.45, 2.75) is 17.9 Å². The number of hydrogen-bond donors (Lipinski definition) is 2. The van der Waals surface area contributed by atoms with Crippen molar-refractivity contribution in [3.63, 3.8) is 0 Å². The van der Waals surface area contributed by atoms with Crippen LogP contribution in [0.5, 0.6) is 0 Å². The number of aromatic nitrogens is 2. The predicted octanol–water partition coefficient (Wildman–Crippen LogP) is 2.09. The molecule has 0 saturated heterocycles. The molecule has 1 aromatic heterocycles. The minimum Gasteiger partial charge on any atom is -0.312 e. The minimum atomic E-state index is -3.76. The molecule has 4 rings (SSSR count). The van der Waals surface area contributed by atoms with Crippen molar-refractivity contribution in [2.75, 3.05) is 11.3 Å². The lowest BCUT2D eigenvalue weighted by Crippen LogP contribution is -2.23. The number of anilines is 1. The lowest BCUT2D eigenvalue weighted by atomic mass is 10.0.